The van der Waals surface area contributed by atoms with Gasteiger partial charge in [-0.15, -0.1) is 0 Å². The minimum absolute atomic E-state index is 0.329. The first-order valence-electron chi connectivity index (χ1n) is 7.76. The predicted molar refractivity (Wildman–Crippen MR) is 84.3 cm³/mol. The normalized spacial score (nSPS) is 11.0. The molecule has 1 aromatic carbocycles. The van der Waals surface area contributed by atoms with Crippen LogP contribution < -0.4 is 10.1 Å². The number of unbranched alkanes of at least 4 members (excludes halogenated alkanes) is 1. The van der Waals surface area contributed by atoms with E-state index in [1.54, 1.807) is 0 Å². The first-order valence-corrected chi connectivity index (χ1v) is 7.76. The smallest absolute Gasteiger partial charge is 0.119 e. The summed E-state index contributed by atoms with van der Waals surface area (Å²) in [5, 5.41) is 3.43. The summed E-state index contributed by atoms with van der Waals surface area (Å²) in [7, 11) is 0. The van der Waals surface area contributed by atoms with Crippen molar-refractivity contribution in [1.82, 2.24) is 5.32 Å². The van der Waals surface area contributed by atoms with Gasteiger partial charge in [-0.25, -0.2) is 0 Å². The highest BCUT2D eigenvalue weighted by atomic mass is 16.5. The molecule has 1 aromatic rings. The molecule has 3 heteroatoms. The molecular formula is C17H29NO2. The fraction of sp³-hybridized carbons (Fsp3) is 0.647. The summed E-state index contributed by atoms with van der Waals surface area (Å²) in [5.41, 5.74) is 1.29. The summed E-state index contributed by atoms with van der Waals surface area (Å²) in [5.74, 6) is 0.965. The maximum absolute atomic E-state index is 5.64. The Morgan fingerprint density at radius 2 is 1.80 bits per heavy atom. The van der Waals surface area contributed by atoms with Crippen LogP contribution in [0.25, 0.3) is 0 Å². The Labute approximate surface area is 123 Å². The van der Waals surface area contributed by atoms with Gasteiger partial charge < -0.3 is 14.8 Å². The molecule has 0 aliphatic rings. The summed E-state index contributed by atoms with van der Waals surface area (Å²) in [6.07, 6.45) is 3.66. The third kappa shape index (κ3) is 8.18. The molecule has 20 heavy (non-hydrogen) atoms. The van der Waals surface area contributed by atoms with Crippen molar-refractivity contribution in [3.05, 3.63) is 29.8 Å². The number of hydrogen-bond acceptors (Lipinski definition) is 3. The number of ether oxygens (including phenoxy) is 2. The van der Waals surface area contributed by atoms with E-state index in [-0.39, 0.29) is 0 Å². The maximum Gasteiger partial charge on any atom is 0.119 e. The SMILES string of the molecule is CCCCOc1ccc(CNCCCOC(C)C)cc1. The van der Waals surface area contributed by atoms with E-state index in [4.69, 9.17) is 9.47 Å². The Balaban J connectivity index is 2.11. The first-order chi connectivity index (χ1) is 9.72. The van der Waals surface area contributed by atoms with E-state index in [0.717, 1.165) is 44.9 Å². The van der Waals surface area contributed by atoms with Crippen LogP contribution in [0.1, 0.15) is 45.6 Å². The lowest BCUT2D eigenvalue weighted by molar-refractivity contribution is 0.0770. The van der Waals surface area contributed by atoms with Crippen molar-refractivity contribution >= 4 is 0 Å². The van der Waals surface area contributed by atoms with Gasteiger partial charge in [0.2, 0.25) is 0 Å². The summed E-state index contributed by atoms with van der Waals surface area (Å²) in [4.78, 5) is 0. The second-order valence-corrected chi connectivity index (χ2v) is 5.30. The maximum atomic E-state index is 5.64. The minimum Gasteiger partial charge on any atom is -0.494 e. The van der Waals surface area contributed by atoms with Gasteiger partial charge >= 0.3 is 0 Å². The van der Waals surface area contributed by atoms with E-state index >= 15 is 0 Å². The van der Waals surface area contributed by atoms with Crippen molar-refractivity contribution in [2.24, 2.45) is 0 Å². The summed E-state index contributed by atoms with van der Waals surface area (Å²) in [6, 6.07) is 8.35. The molecule has 0 aromatic heterocycles. The molecule has 0 saturated carbocycles. The Morgan fingerprint density at radius 1 is 1.05 bits per heavy atom. The molecule has 0 radical (unpaired) electrons. The van der Waals surface area contributed by atoms with Gasteiger partial charge in [-0.2, -0.15) is 0 Å². The average molecular weight is 279 g/mol. The number of nitrogens with one attached hydrogen (secondary N) is 1. The molecule has 0 aliphatic carbocycles. The highest BCUT2D eigenvalue weighted by molar-refractivity contribution is 5.27. The van der Waals surface area contributed by atoms with Crippen molar-refractivity contribution < 1.29 is 9.47 Å². The molecule has 0 atom stereocenters. The molecule has 1 N–H and O–H groups in total. The lowest BCUT2D eigenvalue weighted by atomic mass is 10.2. The van der Waals surface area contributed by atoms with Crippen LogP contribution in [-0.4, -0.2) is 25.9 Å². The van der Waals surface area contributed by atoms with E-state index in [2.05, 4.69) is 50.4 Å². The van der Waals surface area contributed by atoms with Gasteiger partial charge in [-0.3, -0.25) is 0 Å². The zero-order chi connectivity index (χ0) is 14.6. The molecule has 0 heterocycles. The Hall–Kier alpha value is -1.06. The standard InChI is InChI=1S/C17H29NO2/c1-4-5-12-20-17-9-7-16(8-10-17)14-18-11-6-13-19-15(2)3/h7-10,15,18H,4-6,11-14H2,1-3H3. The highest BCUT2D eigenvalue weighted by Gasteiger charge is 1.97. The Morgan fingerprint density at radius 3 is 2.45 bits per heavy atom. The summed E-state index contributed by atoms with van der Waals surface area (Å²) in [6.45, 7) is 9.83. The lowest BCUT2D eigenvalue weighted by Gasteiger charge is -2.09. The molecule has 0 fully saturated rings. The molecule has 1 rings (SSSR count). The third-order valence-corrected chi connectivity index (χ3v) is 2.97. The van der Waals surface area contributed by atoms with Gasteiger partial charge in [-0.05, 0) is 50.9 Å². The quantitative estimate of drug-likeness (QED) is 0.625. The Bertz CT molecular complexity index is 335. The number of hydrogen-bond donors (Lipinski definition) is 1. The largest absolute Gasteiger partial charge is 0.494 e. The lowest BCUT2D eigenvalue weighted by Crippen LogP contribution is -2.17. The number of rotatable bonds is 11. The summed E-state index contributed by atoms with van der Waals surface area (Å²) < 4.78 is 11.1. The van der Waals surface area contributed by atoms with E-state index < -0.39 is 0 Å². The van der Waals surface area contributed by atoms with Gasteiger partial charge in [0, 0.05) is 13.2 Å². The van der Waals surface area contributed by atoms with E-state index in [1.165, 1.54) is 12.0 Å². The van der Waals surface area contributed by atoms with Gasteiger partial charge in [0.1, 0.15) is 5.75 Å². The molecule has 0 spiro atoms. The van der Waals surface area contributed by atoms with Crippen LogP contribution in [-0.2, 0) is 11.3 Å². The third-order valence-electron chi connectivity index (χ3n) is 2.97. The van der Waals surface area contributed by atoms with Crippen molar-refractivity contribution in [2.45, 2.75) is 52.7 Å². The summed E-state index contributed by atoms with van der Waals surface area (Å²) >= 11 is 0. The van der Waals surface area contributed by atoms with E-state index in [0.29, 0.717) is 6.10 Å². The second-order valence-electron chi connectivity index (χ2n) is 5.30. The zero-order valence-electron chi connectivity index (χ0n) is 13.2. The van der Waals surface area contributed by atoms with Crippen molar-refractivity contribution in [3.63, 3.8) is 0 Å². The molecule has 0 unspecified atom stereocenters. The highest BCUT2D eigenvalue weighted by Crippen LogP contribution is 2.12. The van der Waals surface area contributed by atoms with Gasteiger partial charge in [0.25, 0.3) is 0 Å². The van der Waals surface area contributed by atoms with E-state index in [1.807, 2.05) is 0 Å². The van der Waals surface area contributed by atoms with Gasteiger partial charge in [0.05, 0.1) is 12.7 Å². The zero-order valence-corrected chi connectivity index (χ0v) is 13.2. The molecule has 0 bridgehead atoms. The van der Waals surface area contributed by atoms with Crippen LogP contribution in [0, 0.1) is 0 Å². The molecule has 0 aliphatic heterocycles. The molecule has 0 saturated heterocycles. The van der Waals surface area contributed by atoms with Crippen LogP contribution in [0.15, 0.2) is 24.3 Å². The van der Waals surface area contributed by atoms with Gasteiger partial charge in [-0.1, -0.05) is 25.5 Å². The van der Waals surface area contributed by atoms with Crippen LogP contribution >= 0.6 is 0 Å². The average Bonchev–Trinajstić information content (AvgIpc) is 2.44. The molecule has 114 valence electrons. The van der Waals surface area contributed by atoms with Crippen molar-refractivity contribution in [1.29, 1.82) is 0 Å². The van der Waals surface area contributed by atoms with E-state index in [9.17, 15) is 0 Å². The van der Waals surface area contributed by atoms with Crippen LogP contribution in [0.2, 0.25) is 0 Å². The topological polar surface area (TPSA) is 30.5 Å². The molecule has 3 nitrogen and oxygen atoms in total. The fourth-order valence-electron chi connectivity index (χ4n) is 1.79. The predicted octanol–water partition coefficient (Wildman–Crippen LogP) is 3.77. The first kappa shape index (κ1) is 17.0. The molecule has 0 amide bonds. The minimum atomic E-state index is 0.329. The van der Waals surface area contributed by atoms with Crippen molar-refractivity contribution in [2.75, 3.05) is 19.8 Å². The van der Waals surface area contributed by atoms with Gasteiger partial charge in [0.15, 0.2) is 0 Å². The van der Waals surface area contributed by atoms with Crippen LogP contribution in [0.5, 0.6) is 5.75 Å². The number of benzene rings is 1. The van der Waals surface area contributed by atoms with Crippen molar-refractivity contribution in [3.8, 4) is 5.75 Å². The van der Waals surface area contributed by atoms with Crippen LogP contribution in [0.3, 0.4) is 0 Å². The molecular weight excluding hydrogens is 250 g/mol. The second kappa shape index (κ2) is 10.7. The van der Waals surface area contributed by atoms with Crippen LogP contribution in [0.4, 0.5) is 0 Å². The monoisotopic (exact) mass is 279 g/mol. The Kier molecular flexibility index (Phi) is 9.09. The fourth-order valence-corrected chi connectivity index (χ4v) is 1.79.